The van der Waals surface area contributed by atoms with Crippen LogP contribution >= 0.6 is 15.9 Å². The first-order chi connectivity index (χ1) is 13.1. The Hall–Kier alpha value is -2.93. The van der Waals surface area contributed by atoms with E-state index in [1.807, 2.05) is 62.4 Å². The van der Waals surface area contributed by atoms with Gasteiger partial charge in [0.1, 0.15) is 11.4 Å². The highest BCUT2D eigenvalue weighted by atomic mass is 79.9. The largest absolute Gasteiger partial charge is 0.494 e. The van der Waals surface area contributed by atoms with Crippen LogP contribution in [0.4, 0.5) is 0 Å². The van der Waals surface area contributed by atoms with E-state index < -0.39 is 0 Å². The van der Waals surface area contributed by atoms with E-state index in [4.69, 9.17) is 4.74 Å². The SMILES string of the molecule is CCOc1ccc(-c2cc(C(=O)N/N=C(/C)c3ccc(Br)cc3)[nH]n2)cc1. The van der Waals surface area contributed by atoms with Crippen LogP contribution in [-0.2, 0) is 0 Å². The zero-order valence-corrected chi connectivity index (χ0v) is 16.6. The molecule has 3 aromatic rings. The number of rotatable bonds is 6. The number of nitrogens with one attached hydrogen (secondary N) is 2. The third-order valence-electron chi connectivity index (χ3n) is 3.87. The Morgan fingerprint density at radius 1 is 1.19 bits per heavy atom. The van der Waals surface area contributed by atoms with Crippen LogP contribution in [0.5, 0.6) is 5.75 Å². The molecule has 0 aliphatic carbocycles. The molecule has 3 rings (SSSR count). The fourth-order valence-electron chi connectivity index (χ4n) is 2.43. The van der Waals surface area contributed by atoms with Crippen molar-refractivity contribution in [3.05, 3.63) is 70.3 Å². The average molecular weight is 427 g/mol. The van der Waals surface area contributed by atoms with Gasteiger partial charge in [-0.25, -0.2) is 5.43 Å². The molecule has 1 aromatic heterocycles. The molecule has 7 heteroatoms. The fraction of sp³-hybridized carbons (Fsp3) is 0.150. The van der Waals surface area contributed by atoms with Crippen molar-refractivity contribution < 1.29 is 9.53 Å². The number of benzene rings is 2. The van der Waals surface area contributed by atoms with Crippen molar-refractivity contribution in [3.63, 3.8) is 0 Å². The highest BCUT2D eigenvalue weighted by Crippen LogP contribution is 2.21. The van der Waals surface area contributed by atoms with Gasteiger partial charge in [0.2, 0.25) is 0 Å². The maximum absolute atomic E-state index is 12.3. The van der Waals surface area contributed by atoms with E-state index in [0.717, 1.165) is 21.3 Å². The summed E-state index contributed by atoms with van der Waals surface area (Å²) >= 11 is 3.39. The summed E-state index contributed by atoms with van der Waals surface area (Å²) in [4.78, 5) is 12.3. The van der Waals surface area contributed by atoms with Gasteiger partial charge in [-0.2, -0.15) is 10.2 Å². The lowest BCUT2D eigenvalue weighted by molar-refractivity contribution is 0.0950. The Balaban J connectivity index is 1.67. The van der Waals surface area contributed by atoms with Gasteiger partial charge in [0.05, 0.1) is 18.0 Å². The first-order valence-corrected chi connectivity index (χ1v) is 9.25. The Morgan fingerprint density at radius 2 is 1.89 bits per heavy atom. The molecule has 0 bridgehead atoms. The number of hydrogen-bond donors (Lipinski definition) is 2. The molecule has 0 saturated heterocycles. The maximum Gasteiger partial charge on any atom is 0.289 e. The van der Waals surface area contributed by atoms with Crippen LogP contribution in [0.3, 0.4) is 0 Å². The second-order valence-electron chi connectivity index (χ2n) is 5.77. The number of aromatic nitrogens is 2. The number of hydrogen-bond acceptors (Lipinski definition) is 4. The summed E-state index contributed by atoms with van der Waals surface area (Å²) in [5.74, 6) is 0.448. The summed E-state index contributed by atoms with van der Waals surface area (Å²) in [6.45, 7) is 4.39. The molecule has 0 radical (unpaired) electrons. The van der Waals surface area contributed by atoms with Crippen molar-refractivity contribution in [2.45, 2.75) is 13.8 Å². The lowest BCUT2D eigenvalue weighted by Crippen LogP contribution is -2.19. The molecule has 1 heterocycles. The van der Waals surface area contributed by atoms with Gasteiger partial charge >= 0.3 is 0 Å². The molecule has 0 aliphatic heterocycles. The van der Waals surface area contributed by atoms with E-state index in [0.29, 0.717) is 23.7 Å². The molecule has 1 amide bonds. The molecule has 0 spiro atoms. The summed E-state index contributed by atoms with van der Waals surface area (Å²) in [5.41, 5.74) is 6.10. The quantitative estimate of drug-likeness (QED) is 0.452. The molecule has 2 aromatic carbocycles. The third-order valence-corrected chi connectivity index (χ3v) is 4.40. The van der Waals surface area contributed by atoms with Crippen LogP contribution in [0, 0.1) is 0 Å². The number of carbonyl (C=O) groups is 1. The molecule has 0 saturated carbocycles. The molecule has 0 aliphatic rings. The fourth-order valence-corrected chi connectivity index (χ4v) is 2.69. The lowest BCUT2D eigenvalue weighted by Gasteiger charge is -2.03. The van der Waals surface area contributed by atoms with Crippen molar-refractivity contribution in [3.8, 4) is 17.0 Å². The van der Waals surface area contributed by atoms with Crippen molar-refractivity contribution in [2.24, 2.45) is 5.10 Å². The highest BCUT2D eigenvalue weighted by molar-refractivity contribution is 9.10. The number of halogens is 1. The molecule has 138 valence electrons. The normalized spacial score (nSPS) is 11.3. The van der Waals surface area contributed by atoms with Crippen LogP contribution in [0.15, 0.2) is 64.2 Å². The van der Waals surface area contributed by atoms with Crippen molar-refractivity contribution in [2.75, 3.05) is 6.61 Å². The van der Waals surface area contributed by atoms with E-state index in [-0.39, 0.29) is 5.91 Å². The minimum atomic E-state index is -0.351. The number of H-pyrrole nitrogens is 1. The number of amides is 1. The monoisotopic (exact) mass is 426 g/mol. The van der Waals surface area contributed by atoms with Gasteiger partial charge in [-0.05, 0) is 61.9 Å². The highest BCUT2D eigenvalue weighted by Gasteiger charge is 2.11. The Morgan fingerprint density at radius 3 is 2.56 bits per heavy atom. The summed E-state index contributed by atoms with van der Waals surface area (Å²) in [5, 5.41) is 11.1. The number of nitrogens with zero attached hydrogens (tertiary/aromatic N) is 2. The summed E-state index contributed by atoms with van der Waals surface area (Å²) < 4.78 is 6.42. The van der Waals surface area contributed by atoms with Gasteiger partial charge in [-0.1, -0.05) is 28.1 Å². The van der Waals surface area contributed by atoms with Gasteiger partial charge in [0, 0.05) is 10.0 Å². The second-order valence-corrected chi connectivity index (χ2v) is 6.68. The number of hydrazone groups is 1. The summed E-state index contributed by atoms with van der Waals surface area (Å²) in [6.07, 6.45) is 0. The molecule has 6 nitrogen and oxygen atoms in total. The van der Waals surface area contributed by atoms with Gasteiger partial charge in [-0.3, -0.25) is 9.89 Å². The summed E-state index contributed by atoms with van der Waals surface area (Å²) in [6, 6.07) is 16.9. The Labute approximate surface area is 165 Å². The molecule has 0 atom stereocenters. The first kappa shape index (κ1) is 18.8. The topological polar surface area (TPSA) is 79.4 Å². The maximum atomic E-state index is 12.3. The molecule has 0 unspecified atom stereocenters. The molecule has 2 N–H and O–H groups in total. The van der Waals surface area contributed by atoms with E-state index >= 15 is 0 Å². The van der Waals surface area contributed by atoms with Gasteiger partial charge in [0.15, 0.2) is 0 Å². The minimum absolute atomic E-state index is 0.339. The molecule has 27 heavy (non-hydrogen) atoms. The number of carbonyl (C=O) groups excluding carboxylic acids is 1. The van der Waals surface area contributed by atoms with Crippen molar-refractivity contribution in [1.29, 1.82) is 0 Å². The Kier molecular flexibility index (Phi) is 6.03. The van der Waals surface area contributed by atoms with Crippen LogP contribution < -0.4 is 10.2 Å². The minimum Gasteiger partial charge on any atom is -0.494 e. The summed E-state index contributed by atoms with van der Waals surface area (Å²) in [7, 11) is 0. The van der Waals surface area contributed by atoms with Crippen molar-refractivity contribution >= 4 is 27.5 Å². The van der Waals surface area contributed by atoms with E-state index in [9.17, 15) is 4.79 Å². The van der Waals surface area contributed by atoms with Crippen LogP contribution in [0.2, 0.25) is 0 Å². The zero-order chi connectivity index (χ0) is 19.2. The first-order valence-electron chi connectivity index (χ1n) is 8.46. The van der Waals surface area contributed by atoms with Gasteiger partial charge in [-0.15, -0.1) is 0 Å². The van der Waals surface area contributed by atoms with E-state index in [1.165, 1.54) is 0 Å². The second kappa shape index (κ2) is 8.64. The number of ether oxygens (including phenoxy) is 1. The average Bonchev–Trinajstić information content (AvgIpc) is 3.17. The standard InChI is InChI=1S/C20H19BrN4O2/c1-3-27-17-10-6-15(7-11-17)18-12-19(24-23-18)20(26)25-22-13(2)14-4-8-16(21)9-5-14/h4-12H,3H2,1-2H3,(H,23,24)(H,25,26)/b22-13-. The van der Waals surface area contributed by atoms with Crippen molar-refractivity contribution in [1.82, 2.24) is 15.6 Å². The Bertz CT molecular complexity index is 947. The predicted octanol–water partition coefficient (Wildman–Crippen LogP) is 4.39. The predicted molar refractivity (Wildman–Crippen MR) is 109 cm³/mol. The van der Waals surface area contributed by atoms with Gasteiger partial charge in [0.25, 0.3) is 5.91 Å². The molecular formula is C20H19BrN4O2. The number of aromatic amines is 1. The zero-order valence-electron chi connectivity index (χ0n) is 15.0. The van der Waals surface area contributed by atoms with Crippen LogP contribution in [-0.4, -0.2) is 28.4 Å². The van der Waals surface area contributed by atoms with Gasteiger partial charge < -0.3 is 4.74 Å². The van der Waals surface area contributed by atoms with Crippen LogP contribution in [0.1, 0.15) is 29.9 Å². The van der Waals surface area contributed by atoms with E-state index in [2.05, 4.69) is 36.7 Å². The van der Waals surface area contributed by atoms with E-state index in [1.54, 1.807) is 6.07 Å². The third kappa shape index (κ3) is 4.83. The molecular weight excluding hydrogens is 408 g/mol. The molecule has 0 fully saturated rings. The lowest BCUT2D eigenvalue weighted by atomic mass is 10.1. The van der Waals surface area contributed by atoms with Crippen LogP contribution in [0.25, 0.3) is 11.3 Å². The smallest absolute Gasteiger partial charge is 0.289 e.